The van der Waals surface area contributed by atoms with Crippen LogP contribution in [-0.2, 0) is 42.6 Å². The van der Waals surface area contributed by atoms with E-state index in [9.17, 15) is 0 Å². The smallest absolute Gasteiger partial charge is 0.0701 e. The Hall–Kier alpha value is -0.400. The van der Waals surface area contributed by atoms with Gasteiger partial charge in [-0.2, -0.15) is 0 Å². The Morgan fingerprint density at radius 3 is 0.921 bits per heavy atom. The van der Waals surface area contributed by atoms with E-state index in [1.54, 1.807) is 0 Å². The molecule has 0 fully saturated rings. The zero-order chi connectivity index (χ0) is 27.6. The maximum Gasteiger partial charge on any atom is 0.0701 e. The minimum atomic E-state index is 0.0322. The van der Waals surface area contributed by atoms with Gasteiger partial charge in [0, 0.05) is 6.61 Å². The highest BCUT2D eigenvalue weighted by atomic mass is 16.6. The molecule has 0 atom stereocenters. The number of unbranched alkanes of at least 4 members (excludes halogenated alkanes) is 4. The van der Waals surface area contributed by atoms with Crippen LogP contribution >= 0.6 is 0 Å². The van der Waals surface area contributed by atoms with E-state index in [1.807, 2.05) is 0 Å². The summed E-state index contributed by atoms with van der Waals surface area (Å²) in [5.41, 5.74) is 0. The van der Waals surface area contributed by atoms with Gasteiger partial charge in [-0.15, -0.1) is 0 Å². The van der Waals surface area contributed by atoms with Crippen LogP contribution in [0.25, 0.3) is 0 Å². The number of hydrogen-bond acceptors (Lipinski definition) is 10. The van der Waals surface area contributed by atoms with Gasteiger partial charge in [0.15, 0.2) is 0 Å². The molecule has 10 nitrogen and oxygen atoms in total. The van der Waals surface area contributed by atoms with Gasteiger partial charge in [-0.05, 0) is 12.3 Å². The molecule has 1 N–H and O–H groups in total. The van der Waals surface area contributed by atoms with E-state index in [1.165, 1.54) is 32.1 Å². The van der Waals surface area contributed by atoms with Crippen LogP contribution in [0.3, 0.4) is 0 Å². The first-order valence-electron chi connectivity index (χ1n) is 14.6. The average Bonchev–Trinajstić information content (AvgIpc) is 2.91. The van der Waals surface area contributed by atoms with Gasteiger partial charge in [-0.3, -0.25) is 0 Å². The molecule has 0 spiro atoms. The summed E-state index contributed by atoms with van der Waals surface area (Å²) in [5, 5.41) is 8.56. The molecule has 0 aliphatic heterocycles. The second-order valence-electron chi connectivity index (χ2n) is 9.19. The molecule has 0 saturated carbocycles. The van der Waals surface area contributed by atoms with Crippen molar-refractivity contribution >= 4 is 0 Å². The van der Waals surface area contributed by atoms with Crippen molar-refractivity contribution in [3.05, 3.63) is 0 Å². The Balaban J connectivity index is 3.02. The van der Waals surface area contributed by atoms with E-state index in [-0.39, 0.29) is 6.61 Å². The van der Waals surface area contributed by atoms with Crippen molar-refractivity contribution in [2.75, 3.05) is 126 Å². The molecule has 0 unspecified atom stereocenters. The highest BCUT2D eigenvalue weighted by Gasteiger charge is 1.97. The monoisotopic (exact) mass is 554 g/mol. The zero-order valence-electron chi connectivity index (χ0n) is 24.4. The highest BCUT2D eigenvalue weighted by Crippen LogP contribution is 2.10. The minimum absolute atomic E-state index is 0.0322. The van der Waals surface area contributed by atoms with Crippen molar-refractivity contribution in [1.82, 2.24) is 0 Å². The Morgan fingerprint density at radius 2 is 0.605 bits per heavy atom. The molecule has 0 bridgehead atoms. The number of aliphatic hydroxyl groups excluding tert-OH is 1. The second kappa shape index (κ2) is 34.6. The molecule has 0 amide bonds. The van der Waals surface area contributed by atoms with Crippen molar-refractivity contribution in [1.29, 1.82) is 0 Å². The van der Waals surface area contributed by atoms with Gasteiger partial charge in [0.2, 0.25) is 0 Å². The molecule has 0 rings (SSSR count). The lowest BCUT2D eigenvalue weighted by atomic mass is 10.0. The van der Waals surface area contributed by atoms with Gasteiger partial charge in [0.25, 0.3) is 0 Å². The van der Waals surface area contributed by atoms with E-state index in [4.69, 9.17) is 47.7 Å². The van der Waals surface area contributed by atoms with Gasteiger partial charge in [-0.25, -0.2) is 0 Å². The SMILES string of the molecule is CC(C)CCCCCCCOCCOCCOCCOCCOCCOCCOCCOCCOCCO. The van der Waals surface area contributed by atoms with Crippen LogP contribution in [0.4, 0.5) is 0 Å². The molecular weight excluding hydrogens is 496 g/mol. The van der Waals surface area contributed by atoms with E-state index in [0.717, 1.165) is 18.9 Å². The Bertz CT molecular complexity index is 415. The lowest BCUT2D eigenvalue weighted by Crippen LogP contribution is -2.15. The normalized spacial score (nSPS) is 11.7. The molecule has 38 heavy (non-hydrogen) atoms. The maximum atomic E-state index is 8.56. The van der Waals surface area contributed by atoms with Gasteiger partial charge in [0.05, 0.1) is 119 Å². The summed E-state index contributed by atoms with van der Waals surface area (Å²) in [4.78, 5) is 0. The molecule has 0 aromatic heterocycles. The summed E-state index contributed by atoms with van der Waals surface area (Å²) in [6, 6.07) is 0. The average molecular weight is 555 g/mol. The molecule has 0 saturated heterocycles. The van der Waals surface area contributed by atoms with Crippen LogP contribution in [0, 0.1) is 5.92 Å². The van der Waals surface area contributed by atoms with Crippen molar-refractivity contribution in [3.63, 3.8) is 0 Å². The predicted molar refractivity (Wildman–Crippen MR) is 147 cm³/mol. The molecule has 0 radical (unpaired) electrons. The van der Waals surface area contributed by atoms with Crippen molar-refractivity contribution in [2.45, 2.75) is 52.4 Å². The van der Waals surface area contributed by atoms with E-state index in [2.05, 4.69) is 13.8 Å². The van der Waals surface area contributed by atoms with E-state index in [0.29, 0.717) is 112 Å². The Kier molecular flexibility index (Phi) is 34.3. The molecule has 0 aromatic rings. The summed E-state index contributed by atoms with van der Waals surface area (Å²) in [6.07, 6.45) is 7.76. The fourth-order valence-corrected chi connectivity index (χ4v) is 3.21. The highest BCUT2D eigenvalue weighted by molar-refractivity contribution is 4.48. The Labute approximate surface area is 231 Å². The quantitative estimate of drug-likeness (QED) is 0.119. The standard InChI is InChI=1S/C28H58O10/c1-28(2)8-6-4-3-5-7-10-30-12-14-32-16-18-34-20-22-36-24-26-38-27-25-37-23-21-35-19-17-33-15-13-31-11-9-29/h28-29H,3-27H2,1-2H3. The van der Waals surface area contributed by atoms with Crippen LogP contribution in [0.15, 0.2) is 0 Å². The van der Waals surface area contributed by atoms with Gasteiger partial charge < -0.3 is 47.7 Å². The number of ether oxygens (including phenoxy) is 9. The molecule has 0 heterocycles. The summed E-state index contributed by atoms with van der Waals surface area (Å²) in [5.74, 6) is 0.825. The van der Waals surface area contributed by atoms with E-state index >= 15 is 0 Å². The van der Waals surface area contributed by atoms with Crippen molar-refractivity contribution in [3.8, 4) is 0 Å². The molecule has 230 valence electrons. The third-order valence-corrected chi connectivity index (χ3v) is 5.28. The largest absolute Gasteiger partial charge is 0.394 e. The van der Waals surface area contributed by atoms with Gasteiger partial charge >= 0.3 is 0 Å². The van der Waals surface area contributed by atoms with Crippen LogP contribution < -0.4 is 0 Å². The molecule has 0 aliphatic rings. The first kappa shape index (κ1) is 37.6. The summed E-state index contributed by atoms with van der Waals surface area (Å²) >= 11 is 0. The van der Waals surface area contributed by atoms with Crippen LogP contribution in [0.1, 0.15) is 52.4 Å². The Morgan fingerprint density at radius 1 is 0.342 bits per heavy atom. The van der Waals surface area contributed by atoms with Crippen LogP contribution in [-0.4, -0.2) is 131 Å². The fourth-order valence-electron chi connectivity index (χ4n) is 3.21. The molecule has 10 heteroatoms. The van der Waals surface area contributed by atoms with Crippen molar-refractivity contribution < 1.29 is 47.7 Å². The predicted octanol–water partition coefficient (Wildman–Crippen LogP) is 3.12. The summed E-state index contributed by atoms with van der Waals surface area (Å²) in [6.45, 7) is 14.4. The maximum absolute atomic E-state index is 8.56. The number of aliphatic hydroxyl groups is 1. The molecule has 0 aromatic carbocycles. The topological polar surface area (TPSA) is 103 Å². The zero-order valence-corrected chi connectivity index (χ0v) is 24.4. The van der Waals surface area contributed by atoms with Crippen molar-refractivity contribution in [2.24, 2.45) is 5.92 Å². The number of rotatable bonds is 34. The minimum Gasteiger partial charge on any atom is -0.394 e. The second-order valence-corrected chi connectivity index (χ2v) is 9.19. The third-order valence-electron chi connectivity index (χ3n) is 5.28. The first-order valence-corrected chi connectivity index (χ1v) is 14.6. The lowest BCUT2D eigenvalue weighted by Gasteiger charge is -2.09. The molecular formula is C28H58O10. The summed E-state index contributed by atoms with van der Waals surface area (Å²) < 4.78 is 48.8. The molecule has 0 aliphatic carbocycles. The fraction of sp³-hybridized carbons (Fsp3) is 1.00. The third kappa shape index (κ3) is 35.6. The number of hydrogen-bond donors (Lipinski definition) is 1. The first-order chi connectivity index (χ1) is 18.8. The lowest BCUT2D eigenvalue weighted by molar-refractivity contribution is -0.0255. The summed E-state index contributed by atoms with van der Waals surface area (Å²) in [7, 11) is 0. The van der Waals surface area contributed by atoms with E-state index < -0.39 is 0 Å². The van der Waals surface area contributed by atoms with Crippen LogP contribution in [0.5, 0.6) is 0 Å². The van der Waals surface area contributed by atoms with Crippen LogP contribution in [0.2, 0.25) is 0 Å². The van der Waals surface area contributed by atoms with Gasteiger partial charge in [0.1, 0.15) is 0 Å². The van der Waals surface area contributed by atoms with Gasteiger partial charge in [-0.1, -0.05) is 46.0 Å².